The zero-order chi connectivity index (χ0) is 36.9. The summed E-state index contributed by atoms with van der Waals surface area (Å²) in [6, 6.07) is 24.5. The van der Waals surface area contributed by atoms with Crippen LogP contribution in [-0.2, 0) is 16.1 Å². The molecule has 1 amide bonds. The number of aryl methyl sites for hydroxylation is 1. The molecule has 1 saturated heterocycles. The van der Waals surface area contributed by atoms with E-state index in [1.165, 1.54) is 6.08 Å². The second-order valence-corrected chi connectivity index (χ2v) is 13.3. The topological polar surface area (TPSA) is 125 Å². The lowest BCUT2D eigenvalue weighted by atomic mass is 10.1. The Morgan fingerprint density at radius 2 is 1.75 bits per heavy atom. The van der Waals surface area contributed by atoms with Crippen LogP contribution in [0.25, 0.3) is 22.7 Å². The highest BCUT2D eigenvalue weighted by atomic mass is 35.5. The first kappa shape index (κ1) is 35.9. The molecule has 1 unspecified atom stereocenters. The number of nitrogens with one attached hydrogen (secondary N) is 1. The molecule has 1 aliphatic heterocycles. The summed E-state index contributed by atoms with van der Waals surface area (Å²) in [5, 5.41) is 4.63. The maximum atomic E-state index is 13.3. The van der Waals surface area contributed by atoms with Crippen LogP contribution in [0.15, 0.2) is 110 Å². The number of ketones is 1. The predicted octanol–water partition coefficient (Wildman–Crippen LogP) is 7.99. The largest absolute Gasteiger partial charge is 0.487 e. The molecule has 4 heterocycles. The van der Waals surface area contributed by atoms with Crippen molar-refractivity contribution in [3.8, 4) is 11.4 Å². The van der Waals surface area contributed by atoms with Gasteiger partial charge in [-0.3, -0.25) is 14.6 Å². The fraction of sp³-hybridized carbons (Fsp3) is 0.171. The number of hydrogen-bond donors (Lipinski definition) is 2. The molecule has 12 heteroatoms. The Morgan fingerprint density at radius 1 is 0.981 bits per heavy atom. The fourth-order valence-electron chi connectivity index (χ4n) is 6.24. The van der Waals surface area contributed by atoms with E-state index >= 15 is 0 Å². The highest BCUT2D eigenvalue weighted by Gasteiger charge is 2.22. The first-order valence-electron chi connectivity index (χ1n) is 17.1. The second-order valence-electron chi connectivity index (χ2n) is 12.5. The summed E-state index contributed by atoms with van der Waals surface area (Å²) in [4.78, 5) is 37.0. The summed E-state index contributed by atoms with van der Waals surface area (Å²) < 4.78 is 13.7. The van der Waals surface area contributed by atoms with Crippen LogP contribution < -0.4 is 20.7 Å². The van der Waals surface area contributed by atoms with E-state index in [9.17, 15) is 9.59 Å². The number of para-hydroxylation sites is 1. The van der Waals surface area contributed by atoms with Gasteiger partial charge in [-0.2, -0.15) is 0 Å². The molecule has 3 N–H and O–H groups in total. The number of carbonyl (C=O) groups is 2. The number of nitrogens with two attached hydrogens (primary N) is 1. The first-order valence-corrected chi connectivity index (χ1v) is 17.8. The van der Waals surface area contributed by atoms with E-state index in [1.54, 1.807) is 89.9 Å². The van der Waals surface area contributed by atoms with Gasteiger partial charge in [-0.15, -0.1) is 0 Å². The number of halogens is 2. The Morgan fingerprint density at radius 3 is 2.53 bits per heavy atom. The van der Waals surface area contributed by atoms with Crippen molar-refractivity contribution >= 4 is 63.2 Å². The number of ether oxygens (including phenoxy) is 2. The van der Waals surface area contributed by atoms with Crippen molar-refractivity contribution in [2.75, 3.05) is 36.5 Å². The Labute approximate surface area is 316 Å². The second kappa shape index (κ2) is 16.0. The summed E-state index contributed by atoms with van der Waals surface area (Å²) in [5.41, 5.74) is 12.8. The minimum atomic E-state index is -0.983. The van der Waals surface area contributed by atoms with Gasteiger partial charge in [0, 0.05) is 76.0 Å². The molecule has 1 fully saturated rings. The van der Waals surface area contributed by atoms with E-state index < -0.39 is 6.04 Å². The van der Waals surface area contributed by atoms with Crippen LogP contribution in [0.1, 0.15) is 38.9 Å². The van der Waals surface area contributed by atoms with Crippen molar-refractivity contribution in [3.63, 3.8) is 0 Å². The molecule has 3 aromatic carbocycles. The molecule has 53 heavy (non-hydrogen) atoms. The van der Waals surface area contributed by atoms with Gasteiger partial charge in [-0.25, -0.2) is 4.98 Å². The normalized spacial score (nSPS) is 13.7. The summed E-state index contributed by atoms with van der Waals surface area (Å²) in [6.07, 6.45) is 8.10. The Kier molecular flexibility index (Phi) is 10.8. The third-order valence-corrected chi connectivity index (χ3v) is 9.79. The first-order chi connectivity index (χ1) is 25.8. The minimum absolute atomic E-state index is 0.0850. The molecule has 1 aliphatic rings. The number of amides is 1. The number of rotatable bonds is 11. The van der Waals surface area contributed by atoms with E-state index in [0.29, 0.717) is 57.2 Å². The summed E-state index contributed by atoms with van der Waals surface area (Å²) >= 11 is 13.7. The molecule has 7 rings (SSSR count). The lowest BCUT2D eigenvalue weighted by Gasteiger charge is -2.30. The average molecular weight is 748 g/mol. The number of nitrogens with zero attached hydrogens (tertiary/aromatic N) is 4. The van der Waals surface area contributed by atoms with Crippen LogP contribution in [0.3, 0.4) is 0 Å². The molecule has 6 aromatic rings. The van der Waals surface area contributed by atoms with Crippen LogP contribution in [-0.4, -0.2) is 52.5 Å². The number of aromatic nitrogens is 3. The van der Waals surface area contributed by atoms with E-state index in [4.69, 9.17) is 43.4 Å². The van der Waals surface area contributed by atoms with E-state index in [-0.39, 0.29) is 18.3 Å². The molecule has 3 aromatic heterocycles. The quantitative estimate of drug-likeness (QED) is 0.128. The minimum Gasteiger partial charge on any atom is -0.487 e. The number of anilines is 2. The molecule has 0 aliphatic carbocycles. The third kappa shape index (κ3) is 7.96. The highest BCUT2D eigenvalue weighted by Crippen LogP contribution is 2.36. The Bertz CT molecular complexity index is 2300. The van der Waals surface area contributed by atoms with Crippen LogP contribution >= 0.6 is 23.2 Å². The Balaban J connectivity index is 1.06. The van der Waals surface area contributed by atoms with Crippen molar-refractivity contribution in [1.29, 1.82) is 0 Å². The van der Waals surface area contributed by atoms with E-state index in [2.05, 4.69) is 27.3 Å². The molecule has 0 saturated carbocycles. The van der Waals surface area contributed by atoms with Gasteiger partial charge >= 0.3 is 0 Å². The number of pyridine rings is 2. The number of fused-ring (bicyclic) bond motifs is 1. The lowest BCUT2D eigenvalue weighted by molar-refractivity contribution is -0.115. The van der Waals surface area contributed by atoms with Gasteiger partial charge in [0.05, 0.1) is 23.9 Å². The number of morpholine rings is 1. The zero-order valence-corrected chi connectivity index (χ0v) is 30.3. The van der Waals surface area contributed by atoms with Crippen molar-refractivity contribution in [1.82, 2.24) is 14.5 Å². The molecular weight excluding hydrogens is 711 g/mol. The van der Waals surface area contributed by atoms with E-state index in [1.807, 2.05) is 19.1 Å². The van der Waals surface area contributed by atoms with Gasteiger partial charge in [0.1, 0.15) is 23.9 Å². The third-order valence-electron chi connectivity index (χ3n) is 9.01. The number of carbonyl (C=O) groups excluding carboxylic acids is 2. The smallest absolute Gasteiger partial charge is 0.255 e. The van der Waals surface area contributed by atoms with Gasteiger partial charge in [-0.1, -0.05) is 53.5 Å². The molecule has 0 spiro atoms. The average Bonchev–Trinajstić information content (AvgIpc) is 3.67. The summed E-state index contributed by atoms with van der Waals surface area (Å²) in [7, 11) is 0. The SMILES string of the molecule is Cc1cc(N2CCOCC2)c2cccc(OCc3c(Cl)ccc(-n4cccc4C(N)C(=O)/C=C/c4ccc(C(=O)Nc5ccncc5)cc4)c3Cl)c2n1. The Hall–Kier alpha value is -5.52. The van der Waals surface area contributed by atoms with Gasteiger partial charge in [0.2, 0.25) is 0 Å². The maximum absolute atomic E-state index is 13.3. The van der Waals surface area contributed by atoms with Gasteiger partial charge in [0.25, 0.3) is 5.91 Å². The van der Waals surface area contributed by atoms with Gasteiger partial charge in [0.15, 0.2) is 5.78 Å². The van der Waals surface area contributed by atoms with Gasteiger partial charge < -0.3 is 30.0 Å². The molecule has 268 valence electrons. The molecule has 10 nitrogen and oxygen atoms in total. The molecular formula is C41H36Cl2N6O4. The summed E-state index contributed by atoms with van der Waals surface area (Å²) in [6.45, 7) is 5.02. The van der Waals surface area contributed by atoms with Crippen molar-refractivity contribution < 1.29 is 19.1 Å². The monoisotopic (exact) mass is 746 g/mol. The number of hydrogen-bond acceptors (Lipinski definition) is 8. The molecule has 0 bridgehead atoms. The number of benzene rings is 3. The van der Waals surface area contributed by atoms with Gasteiger partial charge in [-0.05, 0) is 79.2 Å². The van der Waals surface area contributed by atoms with Crippen molar-refractivity contribution in [2.24, 2.45) is 5.73 Å². The molecule has 1 atom stereocenters. The zero-order valence-electron chi connectivity index (χ0n) is 28.8. The molecule has 0 radical (unpaired) electrons. The highest BCUT2D eigenvalue weighted by molar-refractivity contribution is 6.37. The standard InChI is InChI=1S/C41H36Cl2N6O4/c1-26-24-35(48-20-22-52-23-21-48)30-4-2-6-37(40(30)46-26)53-25-31-32(42)12-13-33(38(31)43)49-19-3-5-34(49)39(44)36(50)14-9-27-7-10-28(11-8-27)41(51)47-29-15-17-45-18-16-29/h2-19,24,39H,20-23,25,44H2,1H3,(H,45,47,51)/b14-9+. The van der Waals surface area contributed by atoms with Crippen LogP contribution in [0.5, 0.6) is 5.75 Å². The fourth-order valence-corrected chi connectivity index (χ4v) is 6.81. The van der Waals surface area contributed by atoms with Crippen LogP contribution in [0, 0.1) is 6.92 Å². The van der Waals surface area contributed by atoms with Crippen molar-refractivity contribution in [3.05, 3.63) is 148 Å². The van der Waals surface area contributed by atoms with E-state index in [0.717, 1.165) is 40.9 Å². The van der Waals surface area contributed by atoms with Crippen molar-refractivity contribution in [2.45, 2.75) is 19.6 Å². The lowest BCUT2D eigenvalue weighted by Crippen LogP contribution is -2.36. The van der Waals surface area contributed by atoms with Crippen LogP contribution in [0.4, 0.5) is 11.4 Å². The maximum Gasteiger partial charge on any atom is 0.255 e. The predicted molar refractivity (Wildman–Crippen MR) is 209 cm³/mol. The van der Waals surface area contributed by atoms with Crippen LogP contribution in [0.2, 0.25) is 10.0 Å². The summed E-state index contributed by atoms with van der Waals surface area (Å²) in [5.74, 6) is 0.0513.